The van der Waals surface area contributed by atoms with Gasteiger partial charge in [-0.15, -0.1) is 6.58 Å². The number of ether oxygens (including phenoxy) is 6. The third kappa shape index (κ3) is 10.8. The van der Waals surface area contributed by atoms with Crippen LogP contribution in [0.25, 0.3) is 0 Å². The molecule has 360 valence electrons. The summed E-state index contributed by atoms with van der Waals surface area (Å²) in [4.78, 5) is 33.7. The number of phenols is 1. The van der Waals surface area contributed by atoms with Gasteiger partial charge < -0.3 is 48.6 Å². The molecule has 2 aliphatic heterocycles. The van der Waals surface area contributed by atoms with Gasteiger partial charge in [0, 0.05) is 49.8 Å². The molecular weight excluding hydrogens is 875 g/mol. The van der Waals surface area contributed by atoms with E-state index < -0.39 is 28.8 Å². The number of aromatic hydroxyl groups is 1. The Balaban J connectivity index is 1.25. The maximum absolute atomic E-state index is 15.0. The number of rotatable bonds is 23. The Hall–Kier alpha value is -6.46. The van der Waals surface area contributed by atoms with Crippen LogP contribution < -0.4 is 14.2 Å². The number of benzene rings is 4. The van der Waals surface area contributed by atoms with Crippen molar-refractivity contribution in [2.24, 2.45) is 22.9 Å². The van der Waals surface area contributed by atoms with Gasteiger partial charge in [0.15, 0.2) is 11.5 Å². The van der Waals surface area contributed by atoms with Crippen LogP contribution in [0.3, 0.4) is 0 Å². The molecule has 1 saturated carbocycles. The predicted molar refractivity (Wildman–Crippen MR) is 250 cm³/mol. The quantitative estimate of drug-likeness (QED) is 0.0276. The molecule has 0 radical (unpaired) electrons. The van der Waals surface area contributed by atoms with Gasteiger partial charge in [0.05, 0.1) is 36.4 Å². The molecule has 68 heavy (non-hydrogen) atoms. The molecule has 8 rings (SSSR count). The molecule has 4 aromatic carbocycles. The fourth-order valence-corrected chi connectivity index (χ4v) is 10.1. The summed E-state index contributed by atoms with van der Waals surface area (Å²) < 4.78 is 37.7. The second-order valence-corrected chi connectivity index (χ2v) is 17.5. The fourth-order valence-electron chi connectivity index (χ4n) is 10.1. The van der Waals surface area contributed by atoms with E-state index in [1.807, 2.05) is 42.5 Å². The Morgan fingerprint density at radius 2 is 1.62 bits per heavy atom. The lowest BCUT2D eigenvalue weighted by molar-refractivity contribution is -0.384. The van der Waals surface area contributed by atoms with Crippen LogP contribution in [0.1, 0.15) is 73.1 Å². The first-order valence-corrected chi connectivity index (χ1v) is 23.3. The highest BCUT2D eigenvalue weighted by atomic mass is 16.7. The Morgan fingerprint density at radius 1 is 0.882 bits per heavy atom. The van der Waals surface area contributed by atoms with Crippen molar-refractivity contribution in [1.29, 1.82) is 0 Å². The zero-order valence-electron chi connectivity index (χ0n) is 38.0. The first-order valence-electron chi connectivity index (χ1n) is 23.3. The van der Waals surface area contributed by atoms with Gasteiger partial charge in [-0.05, 0) is 102 Å². The summed E-state index contributed by atoms with van der Waals surface area (Å²) in [6.45, 7) is 4.62. The van der Waals surface area contributed by atoms with E-state index in [4.69, 9.17) is 38.4 Å². The van der Waals surface area contributed by atoms with Crippen molar-refractivity contribution in [3.63, 3.8) is 0 Å². The first kappa shape index (κ1) is 48.0. The number of carbonyl (C=O) groups excluding carboxylic acids is 1. The number of allylic oxidation sites excluding steroid dienone is 1. The number of hydrogen-bond acceptors (Lipinski definition) is 14. The molecule has 1 amide bonds. The van der Waals surface area contributed by atoms with Gasteiger partial charge in [0.25, 0.3) is 5.69 Å². The Kier molecular flexibility index (Phi) is 15.9. The van der Waals surface area contributed by atoms with Crippen molar-refractivity contribution in [2.45, 2.75) is 82.5 Å². The molecule has 2 heterocycles. The molecule has 6 unspecified atom stereocenters. The minimum Gasteiger partial charge on any atom is -0.508 e. The summed E-state index contributed by atoms with van der Waals surface area (Å²) in [5, 5.41) is 47.2. The maximum atomic E-state index is 15.0. The van der Waals surface area contributed by atoms with Crippen LogP contribution in [0.4, 0.5) is 10.5 Å². The monoisotopic (exact) mass is 933 g/mol. The molecule has 0 bridgehead atoms. The van der Waals surface area contributed by atoms with E-state index in [1.165, 1.54) is 12.1 Å². The van der Waals surface area contributed by atoms with Crippen LogP contribution in [-0.2, 0) is 38.8 Å². The number of unbranched alkanes of at least 4 members (excludes halogenated alkanes) is 2. The number of aliphatic hydroxyl groups excluding tert-OH is 2. The molecule has 0 aromatic heterocycles. The number of oxime groups is 1. The SMILES string of the molecule is C=CCOC12Oc3ccc(O)cc3C3C(CCCCO)C(CCCCO)C=C(C(=NOCc4ccc([N+](=O)[O-])cc4)CC1N(Cc1ccc4c(c1)OCO4)C(=O)OCCOCc1ccccc1)C32. The van der Waals surface area contributed by atoms with E-state index in [9.17, 15) is 25.4 Å². The van der Waals surface area contributed by atoms with E-state index in [-0.39, 0.29) is 88.6 Å². The van der Waals surface area contributed by atoms with Crippen molar-refractivity contribution in [2.75, 3.05) is 39.8 Å². The Morgan fingerprint density at radius 3 is 2.38 bits per heavy atom. The molecule has 0 saturated heterocycles. The average molecular weight is 934 g/mol. The summed E-state index contributed by atoms with van der Waals surface area (Å²) in [7, 11) is 0. The molecular formula is C52H59N3O13. The van der Waals surface area contributed by atoms with E-state index in [0.29, 0.717) is 60.0 Å². The van der Waals surface area contributed by atoms with Crippen molar-refractivity contribution in [3.8, 4) is 23.0 Å². The zero-order valence-corrected chi connectivity index (χ0v) is 38.0. The summed E-state index contributed by atoms with van der Waals surface area (Å²) in [5.74, 6) is -1.06. The molecule has 0 spiro atoms. The second kappa shape index (κ2) is 22.6. The zero-order chi connectivity index (χ0) is 47.5. The van der Waals surface area contributed by atoms with Crippen LogP contribution in [0, 0.1) is 27.9 Å². The van der Waals surface area contributed by atoms with E-state index in [0.717, 1.165) is 36.0 Å². The molecule has 3 N–H and O–H groups in total. The smallest absolute Gasteiger partial charge is 0.410 e. The predicted octanol–water partition coefficient (Wildman–Crippen LogP) is 8.72. The van der Waals surface area contributed by atoms with Crippen LogP contribution in [0.2, 0.25) is 0 Å². The lowest BCUT2D eigenvalue weighted by atomic mass is 9.55. The topological polar surface area (TPSA) is 201 Å². The van der Waals surface area contributed by atoms with Gasteiger partial charge in [-0.1, -0.05) is 66.5 Å². The number of nitro benzene ring substituents is 1. The summed E-state index contributed by atoms with van der Waals surface area (Å²) in [6.07, 6.45) is 7.38. The van der Waals surface area contributed by atoms with E-state index in [2.05, 4.69) is 12.7 Å². The highest BCUT2D eigenvalue weighted by Crippen LogP contribution is 2.62. The normalized spacial score (nSPS) is 22.6. The van der Waals surface area contributed by atoms with Gasteiger partial charge in [-0.2, -0.15) is 0 Å². The third-order valence-corrected chi connectivity index (χ3v) is 13.2. The molecule has 16 nitrogen and oxygen atoms in total. The number of nitrogens with zero attached hydrogens (tertiary/aromatic N) is 3. The number of hydrogen-bond donors (Lipinski definition) is 3. The molecule has 4 aromatic rings. The number of non-ortho nitro benzene ring substituents is 1. The molecule has 2 aliphatic carbocycles. The molecule has 16 heteroatoms. The van der Waals surface area contributed by atoms with E-state index in [1.54, 1.807) is 47.4 Å². The standard InChI is InChI=1S/C52H59N3O13/c1-2-24-66-52-48(54(31-37-16-20-46-47(27-37)65-34-64-46)51(59)63-26-25-62-32-35-10-4-3-5-11-35)30-44(53-67-33-36-14-17-39(18-15-36)55(60)61)42-28-38(12-6-8-22-56)41(13-7-9-23-57)49(50(42)52)43-29-40(58)19-21-45(43)68-52/h2-5,10-11,14-21,27-29,38,41,48-50,56-58H,1,6-9,12-13,22-26,30-34H2. The second-order valence-electron chi connectivity index (χ2n) is 17.5. The number of aliphatic hydroxyl groups is 2. The summed E-state index contributed by atoms with van der Waals surface area (Å²) >= 11 is 0. The van der Waals surface area contributed by atoms with Crippen molar-refractivity contribution in [3.05, 3.63) is 148 Å². The maximum Gasteiger partial charge on any atom is 0.410 e. The van der Waals surface area contributed by atoms with Gasteiger partial charge in [-0.25, -0.2) is 4.79 Å². The van der Waals surface area contributed by atoms with Crippen molar-refractivity contribution in [1.82, 2.24) is 4.90 Å². The highest BCUT2D eigenvalue weighted by molar-refractivity contribution is 6.03. The van der Waals surface area contributed by atoms with Crippen LogP contribution in [-0.4, -0.2) is 88.6 Å². The summed E-state index contributed by atoms with van der Waals surface area (Å²) in [5.41, 5.74) is 4.40. The Bertz CT molecular complexity index is 2430. The Labute approximate surface area is 395 Å². The number of carbonyl (C=O) groups is 1. The van der Waals surface area contributed by atoms with Gasteiger partial charge in [0.2, 0.25) is 12.6 Å². The fraction of sp³-hybridized carbons (Fsp3) is 0.423. The van der Waals surface area contributed by atoms with Crippen molar-refractivity contribution >= 4 is 17.5 Å². The minimum absolute atomic E-state index is 0.00546. The van der Waals surface area contributed by atoms with Gasteiger partial charge in [0.1, 0.15) is 30.8 Å². The average Bonchev–Trinajstić information content (AvgIpc) is 3.83. The number of fused-ring (bicyclic) bond motifs is 3. The highest BCUT2D eigenvalue weighted by Gasteiger charge is 2.65. The lowest BCUT2D eigenvalue weighted by Crippen LogP contribution is -2.70. The van der Waals surface area contributed by atoms with Gasteiger partial charge in [-0.3, -0.25) is 15.0 Å². The van der Waals surface area contributed by atoms with Crippen molar-refractivity contribution < 1.29 is 58.3 Å². The molecule has 4 aliphatic rings. The number of nitro groups is 1. The largest absolute Gasteiger partial charge is 0.508 e. The minimum atomic E-state index is -1.60. The van der Waals surface area contributed by atoms with Gasteiger partial charge >= 0.3 is 6.09 Å². The van der Waals surface area contributed by atoms with Crippen LogP contribution in [0.5, 0.6) is 23.0 Å². The number of amides is 1. The molecule has 6 atom stereocenters. The number of phenolic OH excluding ortho intramolecular Hbond substituents is 1. The third-order valence-electron chi connectivity index (χ3n) is 13.2. The van der Waals surface area contributed by atoms with E-state index >= 15 is 4.79 Å². The molecule has 1 fully saturated rings. The first-order chi connectivity index (χ1) is 33.2. The summed E-state index contributed by atoms with van der Waals surface area (Å²) in [6, 6.07) is 25.4. The lowest BCUT2D eigenvalue weighted by Gasteiger charge is -2.59. The van der Waals surface area contributed by atoms with Crippen LogP contribution in [0.15, 0.2) is 120 Å². The van der Waals surface area contributed by atoms with Crippen LogP contribution >= 0.6 is 0 Å².